The van der Waals surface area contributed by atoms with Gasteiger partial charge in [0, 0.05) is 12.8 Å². The second kappa shape index (κ2) is 6.97. The van der Waals surface area contributed by atoms with Crippen LogP contribution in [0.3, 0.4) is 0 Å². The smallest absolute Gasteiger partial charge is 0.271 e. The highest BCUT2D eigenvalue weighted by Gasteiger charge is 2.17. The molecule has 2 aromatic rings. The normalized spacial score (nSPS) is 10.8. The fraction of sp³-hybridized carbons (Fsp3) is 0.211. The molecule has 1 heterocycles. The summed E-state index contributed by atoms with van der Waals surface area (Å²) in [4.78, 5) is 16.6. The number of benzene rings is 1. The van der Waals surface area contributed by atoms with Crippen LogP contribution in [0.1, 0.15) is 27.8 Å². The molecule has 2 rings (SSSR count). The summed E-state index contributed by atoms with van der Waals surface area (Å²) in [6.45, 7) is 9.26. The lowest BCUT2D eigenvalue weighted by Gasteiger charge is -2.12. The highest BCUT2D eigenvalue weighted by Crippen LogP contribution is 2.23. The maximum absolute atomic E-state index is 12.2. The van der Waals surface area contributed by atoms with E-state index in [0.717, 1.165) is 21.4 Å². The average molecular weight is 321 g/mol. The van der Waals surface area contributed by atoms with Crippen LogP contribution in [0.15, 0.2) is 40.6 Å². The lowest BCUT2D eigenvalue weighted by Crippen LogP contribution is -2.24. The fourth-order valence-electron chi connectivity index (χ4n) is 2.51. The summed E-state index contributed by atoms with van der Waals surface area (Å²) in [6.07, 6.45) is 2.98. The van der Waals surface area contributed by atoms with Gasteiger partial charge in [-0.15, -0.1) is 6.58 Å². The van der Waals surface area contributed by atoms with Crippen LogP contribution >= 0.6 is 0 Å². The maximum atomic E-state index is 12.2. The highest BCUT2D eigenvalue weighted by molar-refractivity contribution is 5.87. The molecule has 0 aliphatic rings. The first-order valence-corrected chi connectivity index (χ1v) is 7.49. The van der Waals surface area contributed by atoms with E-state index in [1.165, 1.54) is 12.3 Å². The molecule has 0 radical (unpaired) electrons. The van der Waals surface area contributed by atoms with Crippen molar-refractivity contribution >= 4 is 11.9 Å². The van der Waals surface area contributed by atoms with Gasteiger partial charge >= 0.3 is 0 Å². The van der Waals surface area contributed by atoms with E-state index < -0.39 is 5.56 Å². The second-order valence-corrected chi connectivity index (χ2v) is 5.60. The average Bonchev–Trinajstić information content (AvgIpc) is 2.53. The Labute approximate surface area is 140 Å². The molecule has 1 aromatic carbocycles. The van der Waals surface area contributed by atoms with Crippen molar-refractivity contribution in [1.82, 2.24) is 4.57 Å². The molecule has 0 unspecified atom stereocenters. The zero-order chi connectivity index (χ0) is 17.9. The van der Waals surface area contributed by atoms with Crippen molar-refractivity contribution in [3.63, 3.8) is 0 Å². The summed E-state index contributed by atoms with van der Waals surface area (Å²) < 4.78 is 1.11. The van der Waals surface area contributed by atoms with Gasteiger partial charge in [-0.05, 0) is 38.0 Å². The standard InChI is InChI=1S/C19H19N3O2/c1-5-8-22-18(23)15(10-20)14(4)16(19(22)24)11-21-17-7-6-12(2)9-13(17)3/h5-7,9,11,24H,1,8H2,2-4H3. The van der Waals surface area contributed by atoms with Crippen molar-refractivity contribution in [2.24, 2.45) is 4.99 Å². The van der Waals surface area contributed by atoms with Gasteiger partial charge in [-0.2, -0.15) is 5.26 Å². The van der Waals surface area contributed by atoms with Gasteiger partial charge in [0.2, 0.25) is 5.88 Å². The number of nitrogens with zero attached hydrogens (tertiary/aromatic N) is 3. The van der Waals surface area contributed by atoms with Crippen molar-refractivity contribution in [1.29, 1.82) is 5.26 Å². The van der Waals surface area contributed by atoms with E-state index in [2.05, 4.69) is 11.6 Å². The molecule has 5 heteroatoms. The number of aromatic hydroxyl groups is 1. The van der Waals surface area contributed by atoms with Crippen molar-refractivity contribution < 1.29 is 5.11 Å². The molecule has 0 amide bonds. The molecule has 122 valence electrons. The molecule has 1 aromatic heterocycles. The number of hydrogen-bond acceptors (Lipinski definition) is 4. The molecule has 0 fully saturated rings. The fourth-order valence-corrected chi connectivity index (χ4v) is 2.51. The Morgan fingerprint density at radius 2 is 2.08 bits per heavy atom. The van der Waals surface area contributed by atoms with Crippen molar-refractivity contribution in [3.05, 3.63) is 69.0 Å². The quantitative estimate of drug-likeness (QED) is 0.693. The van der Waals surface area contributed by atoms with E-state index in [1.807, 2.05) is 38.1 Å². The molecule has 0 saturated heterocycles. The number of allylic oxidation sites excluding steroid dienone is 1. The molecule has 5 nitrogen and oxygen atoms in total. The van der Waals surface area contributed by atoms with E-state index in [1.54, 1.807) is 6.92 Å². The first kappa shape index (κ1) is 17.2. The molecular formula is C19H19N3O2. The minimum absolute atomic E-state index is 0.00303. The summed E-state index contributed by atoms with van der Waals surface area (Å²) in [7, 11) is 0. The van der Waals surface area contributed by atoms with Gasteiger partial charge in [0.25, 0.3) is 5.56 Å². The van der Waals surface area contributed by atoms with Crippen LogP contribution in [-0.4, -0.2) is 15.9 Å². The molecule has 0 saturated carbocycles. The third-order valence-electron chi connectivity index (χ3n) is 3.84. The Bertz CT molecular complexity index is 931. The number of aromatic nitrogens is 1. The molecule has 24 heavy (non-hydrogen) atoms. The van der Waals surface area contributed by atoms with Crippen molar-refractivity contribution in [3.8, 4) is 11.9 Å². The number of nitriles is 1. The topological polar surface area (TPSA) is 78.4 Å². The van der Waals surface area contributed by atoms with E-state index in [-0.39, 0.29) is 18.0 Å². The molecule has 0 aliphatic carbocycles. The van der Waals surface area contributed by atoms with Gasteiger partial charge in [0.15, 0.2) is 0 Å². The maximum Gasteiger partial charge on any atom is 0.271 e. The predicted octanol–water partition coefficient (Wildman–Crippen LogP) is 3.29. The van der Waals surface area contributed by atoms with Crippen LogP contribution in [-0.2, 0) is 6.54 Å². The van der Waals surface area contributed by atoms with Gasteiger partial charge in [-0.3, -0.25) is 14.4 Å². The Hall–Kier alpha value is -3.13. The monoisotopic (exact) mass is 321 g/mol. The van der Waals surface area contributed by atoms with Crippen LogP contribution < -0.4 is 5.56 Å². The molecule has 0 spiro atoms. The Morgan fingerprint density at radius 3 is 2.67 bits per heavy atom. The highest BCUT2D eigenvalue weighted by atomic mass is 16.3. The molecular weight excluding hydrogens is 302 g/mol. The van der Waals surface area contributed by atoms with Crippen LogP contribution in [0.2, 0.25) is 0 Å². The lowest BCUT2D eigenvalue weighted by molar-refractivity contribution is 0.414. The van der Waals surface area contributed by atoms with Crippen LogP contribution in [0.5, 0.6) is 5.88 Å². The van der Waals surface area contributed by atoms with Gasteiger partial charge in [0.1, 0.15) is 11.6 Å². The second-order valence-electron chi connectivity index (χ2n) is 5.60. The van der Waals surface area contributed by atoms with Crippen molar-refractivity contribution in [2.75, 3.05) is 0 Å². The summed E-state index contributed by atoms with van der Waals surface area (Å²) >= 11 is 0. The van der Waals surface area contributed by atoms with E-state index in [9.17, 15) is 15.2 Å². The first-order valence-electron chi connectivity index (χ1n) is 7.49. The molecule has 0 aliphatic heterocycles. The number of hydrogen-bond donors (Lipinski definition) is 1. The van der Waals surface area contributed by atoms with Gasteiger partial charge in [-0.25, -0.2) is 0 Å². The summed E-state index contributed by atoms with van der Waals surface area (Å²) in [5, 5.41) is 19.7. The summed E-state index contributed by atoms with van der Waals surface area (Å²) in [5.74, 6) is -0.218. The predicted molar refractivity (Wildman–Crippen MR) is 95.2 cm³/mol. The third kappa shape index (κ3) is 3.13. The Kier molecular flexibility index (Phi) is 5.00. The zero-order valence-corrected chi connectivity index (χ0v) is 14.0. The van der Waals surface area contributed by atoms with Gasteiger partial charge in [0.05, 0.1) is 11.3 Å². The van der Waals surface area contributed by atoms with Gasteiger partial charge in [-0.1, -0.05) is 23.8 Å². The van der Waals surface area contributed by atoms with E-state index in [0.29, 0.717) is 11.1 Å². The molecule has 1 N–H and O–H groups in total. The lowest BCUT2D eigenvalue weighted by atomic mass is 10.1. The SMILES string of the molecule is C=CCn1c(O)c(C=Nc2ccc(C)cc2C)c(C)c(C#N)c1=O. The Morgan fingerprint density at radius 1 is 1.38 bits per heavy atom. The first-order chi connectivity index (χ1) is 11.4. The minimum Gasteiger partial charge on any atom is -0.494 e. The molecule has 0 atom stereocenters. The number of aliphatic imine (C=N–C) groups is 1. The van der Waals surface area contributed by atoms with E-state index >= 15 is 0 Å². The van der Waals surface area contributed by atoms with Crippen molar-refractivity contribution in [2.45, 2.75) is 27.3 Å². The number of pyridine rings is 1. The summed E-state index contributed by atoms with van der Waals surface area (Å²) in [5.41, 5.74) is 3.13. The van der Waals surface area contributed by atoms with Gasteiger partial charge < -0.3 is 5.11 Å². The largest absolute Gasteiger partial charge is 0.494 e. The summed E-state index contributed by atoms with van der Waals surface area (Å²) in [6, 6.07) is 7.76. The van der Waals surface area contributed by atoms with E-state index in [4.69, 9.17) is 0 Å². The number of aryl methyl sites for hydroxylation is 2. The Balaban J connectivity index is 2.63. The molecule has 0 bridgehead atoms. The van der Waals surface area contributed by atoms with Crippen LogP contribution in [0.4, 0.5) is 5.69 Å². The van der Waals surface area contributed by atoms with Crippen LogP contribution in [0.25, 0.3) is 0 Å². The number of rotatable bonds is 4. The third-order valence-corrected chi connectivity index (χ3v) is 3.84. The van der Waals surface area contributed by atoms with Crippen LogP contribution in [0, 0.1) is 32.1 Å². The minimum atomic E-state index is -0.531. The zero-order valence-electron chi connectivity index (χ0n) is 14.0.